The molecule has 0 aliphatic carbocycles. The average molecular weight is 222 g/mol. The fourth-order valence-electron chi connectivity index (χ4n) is 0.745. The largest absolute Gasteiger partial charge is 0.481 e. The molecule has 0 aromatic carbocycles. The molecular weight excluding hydrogens is 217 g/mol. The van der Waals surface area contributed by atoms with Crippen LogP contribution in [-0.4, -0.2) is 34.1 Å². The second kappa shape index (κ2) is 4.11. The Kier molecular flexibility index (Phi) is 3.08. The Balaban J connectivity index is 2.81. The van der Waals surface area contributed by atoms with Gasteiger partial charge in [-0.25, -0.2) is 4.79 Å². The first-order chi connectivity index (χ1) is 6.90. The summed E-state index contributed by atoms with van der Waals surface area (Å²) in [5.41, 5.74) is -0.651. The van der Waals surface area contributed by atoms with Crippen molar-refractivity contribution in [2.75, 3.05) is 6.61 Å². The Bertz CT molecular complexity index is 367. The van der Waals surface area contributed by atoms with E-state index in [1.165, 1.54) is 0 Å². The maximum atomic E-state index is 11.8. The summed E-state index contributed by atoms with van der Waals surface area (Å²) in [5, 5.41) is 14.9. The van der Waals surface area contributed by atoms with Crippen LogP contribution in [0.4, 0.5) is 13.2 Å². The van der Waals surface area contributed by atoms with Gasteiger partial charge in [-0.2, -0.15) is 18.3 Å². The summed E-state index contributed by atoms with van der Waals surface area (Å²) in [4.78, 5) is 10.5. The number of halogens is 3. The first-order valence-corrected chi connectivity index (χ1v) is 3.64. The number of hydrogen-bond acceptors (Lipinski definition) is 4. The third-order valence-corrected chi connectivity index (χ3v) is 1.28. The minimum atomic E-state index is -4.53. The van der Waals surface area contributed by atoms with Crippen molar-refractivity contribution >= 4 is 5.97 Å². The summed E-state index contributed by atoms with van der Waals surface area (Å²) < 4.78 is 39.6. The third-order valence-electron chi connectivity index (χ3n) is 1.28. The summed E-state index contributed by atoms with van der Waals surface area (Å²) in [6.07, 6.45) is -3.49. The Morgan fingerprint density at radius 1 is 1.53 bits per heavy atom. The maximum absolute atomic E-state index is 11.8. The molecule has 1 N–H and O–H groups in total. The molecule has 1 rings (SSSR count). The highest BCUT2D eigenvalue weighted by Gasteiger charge is 2.29. The van der Waals surface area contributed by atoms with E-state index in [1.807, 2.05) is 0 Å². The van der Waals surface area contributed by atoms with Crippen molar-refractivity contribution in [2.45, 2.75) is 6.18 Å². The zero-order valence-corrected chi connectivity index (χ0v) is 7.15. The normalized spacial score (nSPS) is 11.1. The van der Waals surface area contributed by atoms with E-state index in [0.29, 0.717) is 0 Å². The highest BCUT2D eigenvalue weighted by atomic mass is 19.4. The number of hydrogen-bond donors (Lipinski definition) is 1. The van der Waals surface area contributed by atoms with E-state index in [4.69, 9.17) is 5.11 Å². The van der Waals surface area contributed by atoms with E-state index < -0.39 is 30.2 Å². The number of aromatic nitrogens is 2. The minimum Gasteiger partial charge on any atom is -0.481 e. The number of carboxylic acids is 1. The van der Waals surface area contributed by atoms with Gasteiger partial charge in [0.1, 0.15) is 0 Å². The van der Waals surface area contributed by atoms with E-state index >= 15 is 0 Å². The van der Waals surface area contributed by atoms with Gasteiger partial charge in [0.05, 0.1) is 6.20 Å². The lowest BCUT2D eigenvalue weighted by Crippen LogP contribution is -2.20. The zero-order valence-electron chi connectivity index (χ0n) is 7.15. The molecule has 82 valence electrons. The number of carboxylic acid groups (broad SMARTS) is 1. The second-order valence-corrected chi connectivity index (χ2v) is 2.45. The molecule has 0 unspecified atom stereocenters. The number of aromatic carboxylic acids is 1. The standard InChI is InChI=1S/C7H5F3N2O3/c8-7(9,10)3-15-4-1-2-11-12-5(4)6(13)14/h1-2H,3H2,(H,13,14). The molecule has 0 aliphatic heterocycles. The van der Waals surface area contributed by atoms with Crippen LogP contribution in [0.1, 0.15) is 10.5 Å². The molecule has 8 heteroatoms. The van der Waals surface area contributed by atoms with Gasteiger partial charge in [-0.05, 0) is 0 Å². The average Bonchev–Trinajstić information content (AvgIpc) is 2.14. The Labute approximate surface area is 81.5 Å². The van der Waals surface area contributed by atoms with Crippen LogP contribution in [0.2, 0.25) is 0 Å². The van der Waals surface area contributed by atoms with Crippen LogP contribution in [-0.2, 0) is 0 Å². The van der Waals surface area contributed by atoms with Gasteiger partial charge in [0.15, 0.2) is 12.4 Å². The Morgan fingerprint density at radius 3 is 2.73 bits per heavy atom. The maximum Gasteiger partial charge on any atom is 0.422 e. The van der Waals surface area contributed by atoms with Crippen molar-refractivity contribution in [3.05, 3.63) is 18.0 Å². The van der Waals surface area contributed by atoms with E-state index in [1.54, 1.807) is 0 Å². The number of ether oxygens (including phenoxy) is 1. The Hall–Kier alpha value is -1.86. The smallest absolute Gasteiger partial charge is 0.422 e. The molecule has 0 aliphatic rings. The number of alkyl halides is 3. The molecule has 1 aromatic rings. The van der Waals surface area contributed by atoms with Gasteiger partial charge in [-0.3, -0.25) is 0 Å². The monoisotopic (exact) mass is 222 g/mol. The van der Waals surface area contributed by atoms with Crippen LogP contribution in [0, 0.1) is 0 Å². The molecule has 0 bridgehead atoms. The molecular formula is C7H5F3N2O3. The molecule has 0 amide bonds. The van der Waals surface area contributed by atoms with E-state index in [-0.39, 0.29) is 0 Å². The molecule has 15 heavy (non-hydrogen) atoms. The summed E-state index contributed by atoms with van der Waals surface area (Å²) in [5.74, 6) is -1.96. The van der Waals surface area contributed by atoms with Gasteiger partial charge in [-0.1, -0.05) is 0 Å². The lowest BCUT2D eigenvalue weighted by molar-refractivity contribution is -0.153. The van der Waals surface area contributed by atoms with Gasteiger partial charge in [0.2, 0.25) is 5.69 Å². The van der Waals surface area contributed by atoms with Gasteiger partial charge in [-0.15, -0.1) is 5.10 Å². The fraction of sp³-hybridized carbons (Fsp3) is 0.286. The minimum absolute atomic E-state index is 0.463. The summed E-state index contributed by atoms with van der Waals surface area (Å²) in [6.45, 7) is -1.57. The molecule has 0 radical (unpaired) electrons. The molecule has 0 fully saturated rings. The molecule has 0 spiro atoms. The van der Waals surface area contributed by atoms with Crippen LogP contribution >= 0.6 is 0 Å². The molecule has 0 saturated carbocycles. The highest BCUT2D eigenvalue weighted by molar-refractivity contribution is 5.88. The lowest BCUT2D eigenvalue weighted by Gasteiger charge is -2.09. The first-order valence-electron chi connectivity index (χ1n) is 3.64. The van der Waals surface area contributed by atoms with Crippen LogP contribution in [0.3, 0.4) is 0 Å². The topological polar surface area (TPSA) is 72.3 Å². The van der Waals surface area contributed by atoms with Gasteiger partial charge < -0.3 is 9.84 Å². The van der Waals surface area contributed by atoms with Crippen molar-refractivity contribution in [1.29, 1.82) is 0 Å². The van der Waals surface area contributed by atoms with Crippen molar-refractivity contribution < 1.29 is 27.8 Å². The Morgan fingerprint density at radius 2 is 2.20 bits per heavy atom. The lowest BCUT2D eigenvalue weighted by atomic mass is 10.3. The van der Waals surface area contributed by atoms with Gasteiger partial charge in [0.25, 0.3) is 0 Å². The fourth-order valence-corrected chi connectivity index (χ4v) is 0.745. The second-order valence-electron chi connectivity index (χ2n) is 2.45. The molecule has 5 nitrogen and oxygen atoms in total. The van der Waals surface area contributed by atoms with E-state index in [2.05, 4.69) is 14.9 Å². The summed E-state index contributed by atoms with van der Waals surface area (Å²) in [7, 11) is 0. The van der Waals surface area contributed by atoms with Crippen LogP contribution in [0.15, 0.2) is 12.3 Å². The van der Waals surface area contributed by atoms with E-state index in [0.717, 1.165) is 12.3 Å². The van der Waals surface area contributed by atoms with Crippen molar-refractivity contribution in [2.24, 2.45) is 0 Å². The first kappa shape index (κ1) is 11.2. The van der Waals surface area contributed by atoms with Crippen LogP contribution in [0.25, 0.3) is 0 Å². The van der Waals surface area contributed by atoms with Crippen molar-refractivity contribution in [3.63, 3.8) is 0 Å². The van der Waals surface area contributed by atoms with E-state index in [9.17, 15) is 18.0 Å². The number of rotatable bonds is 3. The molecule has 0 saturated heterocycles. The molecule has 0 atom stereocenters. The van der Waals surface area contributed by atoms with Gasteiger partial charge in [0, 0.05) is 6.07 Å². The SMILES string of the molecule is O=C(O)c1nnccc1OCC(F)(F)F. The van der Waals surface area contributed by atoms with Crippen molar-refractivity contribution in [3.8, 4) is 5.75 Å². The summed E-state index contributed by atoms with van der Waals surface area (Å²) >= 11 is 0. The molecule has 1 aromatic heterocycles. The van der Waals surface area contributed by atoms with Gasteiger partial charge >= 0.3 is 12.1 Å². The molecule has 1 heterocycles. The van der Waals surface area contributed by atoms with Crippen LogP contribution < -0.4 is 4.74 Å². The quantitative estimate of drug-likeness (QED) is 0.829. The zero-order chi connectivity index (χ0) is 11.5. The predicted octanol–water partition coefficient (Wildman–Crippen LogP) is 1.12. The predicted molar refractivity (Wildman–Crippen MR) is 40.5 cm³/mol. The third kappa shape index (κ3) is 3.41. The van der Waals surface area contributed by atoms with Crippen molar-refractivity contribution in [1.82, 2.24) is 10.2 Å². The summed E-state index contributed by atoms with van der Waals surface area (Å²) in [6, 6.07) is 1.00. The number of carbonyl (C=O) groups is 1. The highest BCUT2D eigenvalue weighted by Crippen LogP contribution is 2.19. The van der Waals surface area contributed by atoms with Crippen LogP contribution in [0.5, 0.6) is 5.75 Å². The number of nitrogens with zero attached hydrogens (tertiary/aromatic N) is 2.